The van der Waals surface area contributed by atoms with Gasteiger partial charge in [-0.2, -0.15) is 0 Å². The third-order valence-corrected chi connectivity index (χ3v) is 6.26. The Morgan fingerprint density at radius 3 is 2.55 bits per heavy atom. The average Bonchev–Trinajstić information content (AvgIpc) is 2.48. The molecule has 1 aliphatic heterocycles. The van der Waals surface area contributed by atoms with E-state index in [2.05, 4.69) is 15.9 Å². The van der Waals surface area contributed by atoms with E-state index in [1.807, 2.05) is 0 Å². The Hall–Kier alpha value is -1.37. The summed E-state index contributed by atoms with van der Waals surface area (Å²) in [5.41, 5.74) is 0.109. The third-order valence-electron chi connectivity index (χ3n) is 3.94. The van der Waals surface area contributed by atoms with Gasteiger partial charge in [0, 0.05) is 16.6 Å². The molecule has 1 atom stereocenters. The molecule has 1 heterocycles. The molecular formula is C16H16BrNO3S. The van der Waals surface area contributed by atoms with Crippen LogP contribution in [0.5, 0.6) is 0 Å². The van der Waals surface area contributed by atoms with Gasteiger partial charge in [0.15, 0.2) is 0 Å². The molecule has 0 aromatic heterocycles. The molecule has 4 nitrogen and oxygen atoms in total. The van der Waals surface area contributed by atoms with Gasteiger partial charge in [0.2, 0.25) is 0 Å². The van der Waals surface area contributed by atoms with Gasteiger partial charge in [-0.1, -0.05) is 34.1 Å². The highest BCUT2D eigenvalue weighted by molar-refractivity contribution is 9.10. The number of halogens is 1. The molecule has 0 amide bonds. The molecule has 2 aromatic carbocycles. The Bertz CT molecular complexity index is 803. The number of benzene rings is 2. The first-order valence-corrected chi connectivity index (χ1v) is 9.16. The molecule has 1 N–H and O–H groups in total. The van der Waals surface area contributed by atoms with E-state index < -0.39 is 15.6 Å². The first kappa shape index (κ1) is 15.5. The molecule has 1 unspecified atom stereocenters. The van der Waals surface area contributed by atoms with Crippen LogP contribution in [0, 0.1) is 0 Å². The van der Waals surface area contributed by atoms with Crippen LogP contribution in [0.2, 0.25) is 0 Å². The van der Waals surface area contributed by atoms with Crippen molar-refractivity contribution in [2.45, 2.75) is 23.8 Å². The van der Waals surface area contributed by atoms with Gasteiger partial charge in [-0.25, -0.2) is 8.42 Å². The van der Waals surface area contributed by atoms with Crippen molar-refractivity contribution < 1.29 is 13.5 Å². The van der Waals surface area contributed by atoms with Gasteiger partial charge in [-0.05, 0) is 43.7 Å². The van der Waals surface area contributed by atoms with Crippen molar-refractivity contribution in [1.82, 2.24) is 0 Å². The lowest BCUT2D eigenvalue weighted by Gasteiger charge is -2.38. The van der Waals surface area contributed by atoms with Gasteiger partial charge in [-0.3, -0.25) is 4.31 Å². The molecule has 1 aliphatic rings. The molecule has 6 heteroatoms. The number of fused-ring (bicyclic) bond motifs is 1. The maximum atomic E-state index is 12.9. The minimum Gasteiger partial charge on any atom is -0.385 e. The molecule has 0 radical (unpaired) electrons. The van der Waals surface area contributed by atoms with Crippen molar-refractivity contribution in [1.29, 1.82) is 0 Å². The third kappa shape index (κ3) is 2.55. The molecule has 0 bridgehead atoms. The molecular weight excluding hydrogens is 366 g/mol. The zero-order valence-electron chi connectivity index (χ0n) is 12.0. The van der Waals surface area contributed by atoms with Gasteiger partial charge < -0.3 is 5.11 Å². The molecule has 116 valence electrons. The van der Waals surface area contributed by atoms with Gasteiger partial charge in [-0.15, -0.1) is 0 Å². The van der Waals surface area contributed by atoms with Crippen molar-refractivity contribution in [3.8, 4) is 0 Å². The largest absolute Gasteiger partial charge is 0.385 e. The maximum absolute atomic E-state index is 12.9. The second kappa shape index (κ2) is 5.37. The van der Waals surface area contributed by atoms with Crippen LogP contribution in [0.25, 0.3) is 0 Å². The Balaban J connectivity index is 2.15. The summed E-state index contributed by atoms with van der Waals surface area (Å²) >= 11 is 3.38. The second-order valence-corrected chi connectivity index (χ2v) is 8.35. The highest BCUT2D eigenvalue weighted by Gasteiger charge is 2.38. The first-order valence-electron chi connectivity index (χ1n) is 6.92. The molecule has 0 saturated heterocycles. The van der Waals surface area contributed by atoms with Crippen molar-refractivity contribution in [3.05, 3.63) is 58.6 Å². The van der Waals surface area contributed by atoms with Crippen LogP contribution >= 0.6 is 15.9 Å². The van der Waals surface area contributed by atoms with Crippen LogP contribution in [0.1, 0.15) is 18.9 Å². The Morgan fingerprint density at radius 1 is 1.18 bits per heavy atom. The Labute approximate surface area is 138 Å². The quantitative estimate of drug-likeness (QED) is 0.868. The number of sulfonamides is 1. The highest BCUT2D eigenvalue weighted by Crippen LogP contribution is 2.41. The first-order chi connectivity index (χ1) is 10.3. The van der Waals surface area contributed by atoms with Gasteiger partial charge >= 0.3 is 0 Å². The topological polar surface area (TPSA) is 57.6 Å². The number of nitrogens with zero attached hydrogens (tertiary/aromatic N) is 1. The van der Waals surface area contributed by atoms with Crippen LogP contribution in [-0.2, 0) is 15.6 Å². The summed E-state index contributed by atoms with van der Waals surface area (Å²) < 4.78 is 27.9. The summed E-state index contributed by atoms with van der Waals surface area (Å²) in [6, 6.07) is 13.7. The van der Waals surface area contributed by atoms with Crippen LogP contribution in [-0.4, -0.2) is 20.1 Å². The van der Waals surface area contributed by atoms with E-state index in [1.54, 1.807) is 55.5 Å². The SMILES string of the molecule is CC1(O)CCN(S(=O)(=O)c2ccccc2)c2ccc(Br)cc21. The number of hydrogen-bond acceptors (Lipinski definition) is 3. The van der Waals surface area contributed by atoms with E-state index >= 15 is 0 Å². The van der Waals surface area contributed by atoms with E-state index in [-0.39, 0.29) is 11.4 Å². The van der Waals surface area contributed by atoms with E-state index in [0.29, 0.717) is 17.7 Å². The summed E-state index contributed by atoms with van der Waals surface area (Å²) in [6.07, 6.45) is 0.350. The van der Waals surface area contributed by atoms with E-state index in [0.717, 1.165) is 4.47 Å². The monoisotopic (exact) mass is 381 g/mol. The lowest BCUT2D eigenvalue weighted by atomic mass is 9.88. The van der Waals surface area contributed by atoms with Gasteiger partial charge in [0.05, 0.1) is 16.2 Å². The zero-order chi connectivity index (χ0) is 16.0. The molecule has 2 aromatic rings. The van der Waals surface area contributed by atoms with Crippen molar-refractivity contribution in [2.75, 3.05) is 10.8 Å². The molecule has 0 aliphatic carbocycles. The zero-order valence-corrected chi connectivity index (χ0v) is 14.4. The molecule has 0 spiro atoms. The minimum atomic E-state index is -3.63. The summed E-state index contributed by atoms with van der Waals surface area (Å²) in [6.45, 7) is 1.96. The van der Waals surface area contributed by atoms with Crippen LogP contribution in [0.15, 0.2) is 57.9 Å². The predicted molar refractivity (Wildman–Crippen MR) is 89.3 cm³/mol. The number of rotatable bonds is 2. The van der Waals surface area contributed by atoms with E-state index in [9.17, 15) is 13.5 Å². The lowest BCUT2D eigenvalue weighted by Crippen LogP contribution is -2.42. The molecule has 22 heavy (non-hydrogen) atoms. The fourth-order valence-corrected chi connectivity index (χ4v) is 4.57. The number of aliphatic hydroxyl groups is 1. The average molecular weight is 382 g/mol. The lowest BCUT2D eigenvalue weighted by molar-refractivity contribution is 0.0472. The van der Waals surface area contributed by atoms with Gasteiger partial charge in [0.1, 0.15) is 0 Å². The highest BCUT2D eigenvalue weighted by atomic mass is 79.9. The summed E-state index contributed by atoms with van der Waals surface area (Å²) in [4.78, 5) is 0.255. The minimum absolute atomic E-state index is 0.249. The van der Waals surface area contributed by atoms with Crippen LogP contribution in [0.4, 0.5) is 5.69 Å². The van der Waals surface area contributed by atoms with Crippen LogP contribution in [0.3, 0.4) is 0 Å². The molecule has 0 fully saturated rings. The standard InChI is InChI=1S/C16H16BrNO3S/c1-16(19)9-10-18(15-8-7-12(17)11-14(15)16)22(20,21)13-5-3-2-4-6-13/h2-8,11,19H,9-10H2,1H3. The van der Waals surface area contributed by atoms with Crippen molar-refractivity contribution in [2.24, 2.45) is 0 Å². The Kier molecular flexibility index (Phi) is 3.79. The number of hydrogen-bond donors (Lipinski definition) is 1. The summed E-state index contributed by atoms with van der Waals surface area (Å²) in [5, 5.41) is 10.6. The molecule has 3 rings (SSSR count). The second-order valence-electron chi connectivity index (χ2n) is 5.58. The van der Waals surface area contributed by atoms with E-state index in [4.69, 9.17) is 0 Å². The van der Waals surface area contributed by atoms with E-state index in [1.165, 1.54) is 4.31 Å². The predicted octanol–water partition coefficient (Wildman–Crippen LogP) is 3.26. The summed E-state index contributed by atoms with van der Waals surface area (Å²) in [7, 11) is -3.63. The summed E-state index contributed by atoms with van der Waals surface area (Å²) in [5.74, 6) is 0. The fraction of sp³-hybridized carbons (Fsp3) is 0.250. The van der Waals surface area contributed by atoms with Gasteiger partial charge in [0.25, 0.3) is 10.0 Å². The smallest absolute Gasteiger partial charge is 0.264 e. The maximum Gasteiger partial charge on any atom is 0.264 e. The van der Waals surface area contributed by atoms with Crippen LogP contribution < -0.4 is 4.31 Å². The van der Waals surface area contributed by atoms with Crippen molar-refractivity contribution in [3.63, 3.8) is 0 Å². The molecule has 0 saturated carbocycles. The van der Waals surface area contributed by atoms with Crippen molar-refractivity contribution >= 4 is 31.6 Å². The number of anilines is 1. The Morgan fingerprint density at radius 2 is 1.86 bits per heavy atom. The normalized spacial score (nSPS) is 21.5. The fourth-order valence-electron chi connectivity index (χ4n) is 2.70.